The van der Waals surface area contributed by atoms with Gasteiger partial charge in [-0.1, -0.05) is 43.2 Å². The lowest BCUT2D eigenvalue weighted by Crippen LogP contribution is -2.26. The Morgan fingerprint density at radius 3 is 2.71 bits per heavy atom. The highest BCUT2D eigenvalue weighted by atomic mass is 32.1. The van der Waals surface area contributed by atoms with Gasteiger partial charge < -0.3 is 0 Å². The number of thiazole rings is 1. The lowest BCUT2D eigenvalue weighted by Gasteiger charge is -2.13. The summed E-state index contributed by atoms with van der Waals surface area (Å²) >= 11 is 1.69. The third kappa shape index (κ3) is 3.13. The molecule has 1 N–H and O–H groups in total. The summed E-state index contributed by atoms with van der Waals surface area (Å²) < 4.78 is 0. The van der Waals surface area contributed by atoms with E-state index >= 15 is 0 Å². The number of aryl methyl sites for hydroxylation is 1. The SMILES string of the molecule is O=C(NN=C1CCCc2nc(-c3ccccc3)sc21)C1CCCC1. The molecule has 0 atom stereocenters. The van der Waals surface area contributed by atoms with Gasteiger partial charge in [0.25, 0.3) is 0 Å². The molecule has 2 aliphatic rings. The maximum Gasteiger partial charge on any atom is 0.243 e. The smallest absolute Gasteiger partial charge is 0.243 e. The monoisotopic (exact) mass is 339 g/mol. The van der Waals surface area contributed by atoms with E-state index < -0.39 is 0 Å². The summed E-state index contributed by atoms with van der Waals surface area (Å²) in [6.07, 6.45) is 7.27. The summed E-state index contributed by atoms with van der Waals surface area (Å²) in [4.78, 5) is 18.1. The Kier molecular flexibility index (Phi) is 4.43. The molecule has 1 saturated carbocycles. The summed E-state index contributed by atoms with van der Waals surface area (Å²) in [5.41, 5.74) is 6.07. The van der Waals surface area contributed by atoms with Crippen LogP contribution in [0.1, 0.15) is 49.1 Å². The number of hydrogen-bond acceptors (Lipinski definition) is 4. The average Bonchev–Trinajstić information content (AvgIpc) is 3.30. The number of nitrogens with zero attached hydrogens (tertiary/aromatic N) is 2. The maximum atomic E-state index is 12.2. The standard InChI is InChI=1S/C19H21N3OS/c23-18(13-7-4-5-8-13)22-21-16-12-6-11-15-17(16)24-19(20-15)14-9-2-1-3-10-14/h1-3,9-10,13H,4-8,11-12H2,(H,22,23). The van der Waals surface area contributed by atoms with Gasteiger partial charge in [-0.15, -0.1) is 11.3 Å². The van der Waals surface area contributed by atoms with Crippen LogP contribution < -0.4 is 5.43 Å². The normalized spacial score (nSPS) is 19.4. The van der Waals surface area contributed by atoms with E-state index in [9.17, 15) is 4.79 Å². The third-order valence-corrected chi connectivity index (χ3v) is 6.03. The second kappa shape index (κ2) is 6.85. The van der Waals surface area contributed by atoms with Crippen LogP contribution in [-0.4, -0.2) is 16.6 Å². The van der Waals surface area contributed by atoms with Crippen molar-refractivity contribution >= 4 is 23.0 Å². The second-order valence-electron chi connectivity index (χ2n) is 6.53. The van der Waals surface area contributed by atoms with Gasteiger partial charge in [0, 0.05) is 11.5 Å². The Bertz CT molecular complexity index is 760. The number of fused-ring (bicyclic) bond motifs is 1. The average molecular weight is 339 g/mol. The zero-order valence-electron chi connectivity index (χ0n) is 13.6. The number of hydrogen-bond donors (Lipinski definition) is 1. The van der Waals surface area contributed by atoms with E-state index in [1.54, 1.807) is 11.3 Å². The number of rotatable bonds is 3. The highest BCUT2D eigenvalue weighted by Gasteiger charge is 2.24. The summed E-state index contributed by atoms with van der Waals surface area (Å²) in [5.74, 6) is 0.235. The van der Waals surface area contributed by atoms with Gasteiger partial charge >= 0.3 is 0 Å². The van der Waals surface area contributed by atoms with Crippen LogP contribution in [0.3, 0.4) is 0 Å². The van der Waals surface area contributed by atoms with Gasteiger partial charge in [0.05, 0.1) is 16.3 Å². The second-order valence-corrected chi connectivity index (χ2v) is 7.53. The molecule has 0 spiro atoms. The molecule has 1 fully saturated rings. The van der Waals surface area contributed by atoms with Crippen LogP contribution in [0.15, 0.2) is 35.4 Å². The largest absolute Gasteiger partial charge is 0.273 e. The predicted octanol–water partition coefficient (Wildman–Crippen LogP) is 4.16. The van der Waals surface area contributed by atoms with Crippen molar-refractivity contribution in [3.63, 3.8) is 0 Å². The molecule has 0 bridgehead atoms. The van der Waals surface area contributed by atoms with E-state index in [2.05, 4.69) is 22.7 Å². The number of amides is 1. The zero-order valence-corrected chi connectivity index (χ0v) is 14.4. The van der Waals surface area contributed by atoms with Crippen LogP contribution in [0.25, 0.3) is 10.6 Å². The van der Waals surface area contributed by atoms with Crippen molar-refractivity contribution in [2.24, 2.45) is 11.0 Å². The van der Waals surface area contributed by atoms with E-state index in [1.165, 1.54) is 0 Å². The van der Waals surface area contributed by atoms with Crippen molar-refractivity contribution < 1.29 is 4.79 Å². The van der Waals surface area contributed by atoms with Gasteiger partial charge in [0.2, 0.25) is 5.91 Å². The Morgan fingerprint density at radius 1 is 1.12 bits per heavy atom. The van der Waals surface area contributed by atoms with Crippen molar-refractivity contribution in [2.75, 3.05) is 0 Å². The fourth-order valence-electron chi connectivity index (χ4n) is 3.50. The van der Waals surface area contributed by atoms with E-state index in [0.29, 0.717) is 0 Å². The molecular formula is C19H21N3OS. The maximum absolute atomic E-state index is 12.2. The van der Waals surface area contributed by atoms with Gasteiger partial charge in [-0.3, -0.25) is 4.79 Å². The molecule has 5 heteroatoms. The van der Waals surface area contributed by atoms with Gasteiger partial charge in [0.15, 0.2) is 0 Å². The molecule has 1 aromatic heterocycles. The topological polar surface area (TPSA) is 54.4 Å². The van der Waals surface area contributed by atoms with Gasteiger partial charge in [-0.25, -0.2) is 10.4 Å². The van der Waals surface area contributed by atoms with Gasteiger partial charge in [0.1, 0.15) is 5.01 Å². The lowest BCUT2D eigenvalue weighted by atomic mass is 10.0. The molecule has 0 aliphatic heterocycles. The zero-order chi connectivity index (χ0) is 16.4. The van der Waals surface area contributed by atoms with Crippen molar-refractivity contribution in [1.29, 1.82) is 0 Å². The fraction of sp³-hybridized carbons (Fsp3) is 0.421. The number of hydrazone groups is 1. The number of benzene rings is 1. The minimum absolute atomic E-state index is 0.0833. The minimum Gasteiger partial charge on any atom is -0.273 e. The quantitative estimate of drug-likeness (QED) is 0.854. The molecule has 1 heterocycles. The fourth-order valence-corrected chi connectivity index (χ4v) is 4.63. The Hall–Kier alpha value is -2.01. The van der Waals surface area contributed by atoms with Crippen LogP contribution in [0.5, 0.6) is 0 Å². The van der Waals surface area contributed by atoms with Crippen LogP contribution in [0.2, 0.25) is 0 Å². The molecule has 0 unspecified atom stereocenters. The molecule has 1 aromatic carbocycles. The van der Waals surface area contributed by atoms with Crippen molar-refractivity contribution in [2.45, 2.75) is 44.9 Å². The molecule has 4 rings (SSSR count). The number of aromatic nitrogens is 1. The first-order valence-corrected chi connectivity index (χ1v) is 9.55. The van der Waals surface area contributed by atoms with E-state index in [1.807, 2.05) is 18.2 Å². The summed E-state index contributed by atoms with van der Waals surface area (Å²) in [6.45, 7) is 0. The molecule has 1 amide bonds. The van der Waals surface area contributed by atoms with Crippen LogP contribution in [-0.2, 0) is 11.2 Å². The van der Waals surface area contributed by atoms with Crippen LogP contribution in [0.4, 0.5) is 0 Å². The predicted molar refractivity (Wildman–Crippen MR) is 97.1 cm³/mol. The van der Waals surface area contributed by atoms with Crippen molar-refractivity contribution in [3.8, 4) is 10.6 Å². The molecule has 2 aliphatic carbocycles. The number of nitrogens with one attached hydrogen (secondary N) is 1. The molecular weight excluding hydrogens is 318 g/mol. The highest BCUT2D eigenvalue weighted by molar-refractivity contribution is 7.17. The minimum atomic E-state index is 0.0833. The van der Waals surface area contributed by atoms with E-state index in [4.69, 9.17) is 4.98 Å². The molecule has 4 nitrogen and oxygen atoms in total. The van der Waals surface area contributed by atoms with Gasteiger partial charge in [-0.05, 0) is 32.1 Å². The summed E-state index contributed by atoms with van der Waals surface area (Å²) in [5, 5.41) is 5.50. The van der Waals surface area contributed by atoms with Gasteiger partial charge in [-0.2, -0.15) is 5.10 Å². The first kappa shape index (κ1) is 15.5. The number of carbonyl (C=O) groups excluding carboxylic acids is 1. The lowest BCUT2D eigenvalue weighted by molar-refractivity contribution is -0.124. The Labute approximate surface area is 146 Å². The molecule has 24 heavy (non-hydrogen) atoms. The van der Waals surface area contributed by atoms with Crippen LogP contribution >= 0.6 is 11.3 Å². The molecule has 2 aromatic rings. The first-order chi connectivity index (χ1) is 11.8. The first-order valence-electron chi connectivity index (χ1n) is 8.73. The third-order valence-electron chi connectivity index (χ3n) is 4.83. The summed E-state index contributed by atoms with van der Waals surface area (Å²) in [6, 6.07) is 10.3. The Balaban J connectivity index is 1.56. The Morgan fingerprint density at radius 2 is 1.92 bits per heavy atom. The highest BCUT2D eigenvalue weighted by Crippen LogP contribution is 2.33. The van der Waals surface area contributed by atoms with Crippen molar-refractivity contribution in [1.82, 2.24) is 10.4 Å². The summed E-state index contributed by atoms with van der Waals surface area (Å²) in [7, 11) is 0. The molecule has 0 saturated heterocycles. The van der Waals surface area contributed by atoms with E-state index in [0.717, 1.165) is 71.8 Å². The molecule has 124 valence electrons. The van der Waals surface area contributed by atoms with E-state index in [-0.39, 0.29) is 11.8 Å². The van der Waals surface area contributed by atoms with Crippen molar-refractivity contribution in [3.05, 3.63) is 40.9 Å². The number of carbonyl (C=O) groups is 1. The molecule has 0 radical (unpaired) electrons. The van der Waals surface area contributed by atoms with Crippen LogP contribution in [0, 0.1) is 5.92 Å².